The molecule has 0 bridgehead atoms. The summed E-state index contributed by atoms with van der Waals surface area (Å²) in [7, 11) is 0. The van der Waals surface area contributed by atoms with Crippen LogP contribution in [-0.2, 0) is 6.42 Å². The molecule has 24 heavy (non-hydrogen) atoms. The fraction of sp³-hybridized carbons (Fsp3) is 0.684. The molecule has 0 radical (unpaired) electrons. The van der Waals surface area contributed by atoms with E-state index in [-0.39, 0.29) is 22.1 Å². The van der Waals surface area contributed by atoms with Crippen LogP contribution in [0.25, 0.3) is 0 Å². The standard InChI is InChI=1S/C19H30N2O3/c1-14(22)12-19(2,3)13-20-17-9-6-8-15(17)11-16-7-4-5-10-18(16)21(23)24/h4-5,7,10,14-15,17,20,22H,6,8-9,11-13H2,1-3H3. The zero-order valence-corrected chi connectivity index (χ0v) is 15.0. The highest BCUT2D eigenvalue weighted by molar-refractivity contribution is 5.40. The van der Waals surface area contributed by atoms with Gasteiger partial charge in [0.25, 0.3) is 5.69 Å². The van der Waals surface area contributed by atoms with Crippen LogP contribution in [0.15, 0.2) is 24.3 Å². The normalized spacial score (nSPS) is 22.5. The summed E-state index contributed by atoms with van der Waals surface area (Å²) in [5.41, 5.74) is 1.11. The zero-order valence-electron chi connectivity index (χ0n) is 15.0. The summed E-state index contributed by atoms with van der Waals surface area (Å²) < 4.78 is 0. The number of nitrogens with zero attached hydrogens (tertiary/aromatic N) is 1. The van der Waals surface area contributed by atoms with Crippen LogP contribution in [0.5, 0.6) is 0 Å². The maximum Gasteiger partial charge on any atom is 0.272 e. The van der Waals surface area contributed by atoms with Gasteiger partial charge in [-0.25, -0.2) is 0 Å². The largest absolute Gasteiger partial charge is 0.393 e. The summed E-state index contributed by atoms with van der Waals surface area (Å²) in [6.07, 6.45) is 4.62. The lowest BCUT2D eigenvalue weighted by Gasteiger charge is -2.30. The number of aliphatic hydroxyl groups is 1. The average molecular weight is 334 g/mol. The van der Waals surface area contributed by atoms with Crippen LogP contribution in [0.2, 0.25) is 0 Å². The minimum absolute atomic E-state index is 0.0417. The Bertz CT molecular complexity index is 557. The number of nitrogens with one attached hydrogen (secondary N) is 1. The molecule has 0 amide bonds. The third-order valence-electron chi connectivity index (χ3n) is 5.02. The molecule has 0 heterocycles. The topological polar surface area (TPSA) is 75.4 Å². The lowest BCUT2D eigenvalue weighted by Crippen LogP contribution is -2.40. The molecule has 1 aliphatic rings. The molecular formula is C19H30N2O3. The van der Waals surface area contributed by atoms with Gasteiger partial charge in [-0.05, 0) is 43.9 Å². The molecule has 134 valence electrons. The summed E-state index contributed by atoms with van der Waals surface area (Å²) in [4.78, 5) is 10.9. The number of nitro benzene ring substituents is 1. The molecule has 1 saturated carbocycles. The van der Waals surface area contributed by atoms with Crippen molar-refractivity contribution in [3.63, 3.8) is 0 Å². The lowest BCUT2D eigenvalue weighted by molar-refractivity contribution is -0.385. The third kappa shape index (κ3) is 5.28. The molecule has 0 aromatic heterocycles. The van der Waals surface area contributed by atoms with Crippen molar-refractivity contribution in [1.29, 1.82) is 0 Å². The molecule has 2 rings (SSSR count). The number of hydrogen-bond donors (Lipinski definition) is 2. The van der Waals surface area contributed by atoms with E-state index >= 15 is 0 Å². The van der Waals surface area contributed by atoms with Gasteiger partial charge < -0.3 is 10.4 Å². The third-order valence-corrected chi connectivity index (χ3v) is 5.02. The van der Waals surface area contributed by atoms with E-state index in [1.165, 1.54) is 6.42 Å². The van der Waals surface area contributed by atoms with E-state index in [1.807, 2.05) is 19.1 Å². The van der Waals surface area contributed by atoms with Crippen molar-refractivity contribution in [3.05, 3.63) is 39.9 Å². The highest BCUT2D eigenvalue weighted by atomic mass is 16.6. The van der Waals surface area contributed by atoms with Gasteiger partial charge in [-0.15, -0.1) is 0 Å². The number of benzene rings is 1. The first-order chi connectivity index (χ1) is 11.3. The second-order valence-corrected chi connectivity index (χ2v) is 7.99. The highest BCUT2D eigenvalue weighted by Gasteiger charge is 2.30. The van der Waals surface area contributed by atoms with Crippen LogP contribution < -0.4 is 5.32 Å². The molecule has 0 spiro atoms. The Kier molecular flexibility index (Phi) is 6.35. The van der Waals surface area contributed by atoms with E-state index in [2.05, 4.69) is 19.2 Å². The number of aliphatic hydroxyl groups excluding tert-OH is 1. The first kappa shape index (κ1) is 18.9. The van der Waals surface area contributed by atoms with Crippen LogP contribution >= 0.6 is 0 Å². The van der Waals surface area contributed by atoms with Gasteiger partial charge in [0.15, 0.2) is 0 Å². The molecule has 1 aromatic carbocycles. The van der Waals surface area contributed by atoms with Gasteiger partial charge >= 0.3 is 0 Å². The first-order valence-corrected chi connectivity index (χ1v) is 8.92. The van der Waals surface area contributed by atoms with Gasteiger partial charge in [0.2, 0.25) is 0 Å². The van der Waals surface area contributed by atoms with E-state index in [0.29, 0.717) is 12.0 Å². The van der Waals surface area contributed by atoms with Crippen LogP contribution in [0.4, 0.5) is 5.69 Å². The quantitative estimate of drug-likeness (QED) is 0.561. The van der Waals surface area contributed by atoms with Crippen molar-refractivity contribution in [1.82, 2.24) is 5.32 Å². The van der Waals surface area contributed by atoms with Gasteiger partial charge in [-0.2, -0.15) is 0 Å². The summed E-state index contributed by atoms with van der Waals surface area (Å²) in [5, 5.41) is 24.5. The van der Waals surface area contributed by atoms with Gasteiger partial charge in [-0.1, -0.05) is 38.5 Å². The van der Waals surface area contributed by atoms with Crippen LogP contribution in [-0.4, -0.2) is 28.7 Å². The fourth-order valence-corrected chi connectivity index (χ4v) is 3.97. The molecule has 2 N–H and O–H groups in total. The smallest absolute Gasteiger partial charge is 0.272 e. The van der Waals surface area contributed by atoms with Crippen molar-refractivity contribution < 1.29 is 10.0 Å². The van der Waals surface area contributed by atoms with E-state index in [9.17, 15) is 15.2 Å². The van der Waals surface area contributed by atoms with Crippen molar-refractivity contribution >= 4 is 5.69 Å². The summed E-state index contributed by atoms with van der Waals surface area (Å²) >= 11 is 0. The maximum absolute atomic E-state index is 11.2. The van der Waals surface area contributed by atoms with E-state index in [1.54, 1.807) is 12.1 Å². The molecular weight excluding hydrogens is 304 g/mol. The second kappa shape index (κ2) is 8.08. The monoisotopic (exact) mass is 334 g/mol. The zero-order chi connectivity index (χ0) is 17.7. The van der Waals surface area contributed by atoms with E-state index < -0.39 is 0 Å². The van der Waals surface area contributed by atoms with Gasteiger partial charge in [0, 0.05) is 24.2 Å². The van der Waals surface area contributed by atoms with Crippen LogP contribution in [0, 0.1) is 21.4 Å². The van der Waals surface area contributed by atoms with E-state index in [0.717, 1.165) is 37.8 Å². The van der Waals surface area contributed by atoms with Crippen molar-refractivity contribution in [2.75, 3.05) is 6.54 Å². The Labute approximate surface area is 144 Å². The SMILES string of the molecule is CC(O)CC(C)(C)CNC1CCCC1Cc1ccccc1[N+](=O)[O-]. The van der Waals surface area contributed by atoms with Crippen LogP contribution in [0.3, 0.4) is 0 Å². The Morgan fingerprint density at radius 2 is 2.08 bits per heavy atom. The molecule has 0 saturated heterocycles. The van der Waals surface area contributed by atoms with Crippen LogP contribution in [0.1, 0.15) is 52.0 Å². The summed E-state index contributed by atoms with van der Waals surface area (Å²) in [6.45, 7) is 7.02. The molecule has 3 atom stereocenters. The van der Waals surface area contributed by atoms with Gasteiger partial charge in [0.1, 0.15) is 0 Å². The fourth-order valence-electron chi connectivity index (χ4n) is 3.97. The maximum atomic E-state index is 11.2. The first-order valence-electron chi connectivity index (χ1n) is 8.92. The average Bonchev–Trinajstić information content (AvgIpc) is 2.91. The van der Waals surface area contributed by atoms with Crippen molar-refractivity contribution in [2.45, 2.75) is 65.0 Å². The minimum atomic E-state index is -0.298. The Morgan fingerprint density at radius 3 is 2.75 bits per heavy atom. The predicted octanol–water partition coefficient (Wildman–Crippen LogP) is 3.69. The van der Waals surface area contributed by atoms with Gasteiger partial charge in [-0.3, -0.25) is 10.1 Å². The Hall–Kier alpha value is -1.46. The summed E-state index contributed by atoms with van der Waals surface area (Å²) in [6, 6.07) is 7.48. The number of rotatable bonds is 8. The molecule has 5 nitrogen and oxygen atoms in total. The molecule has 5 heteroatoms. The lowest BCUT2D eigenvalue weighted by atomic mass is 9.86. The second-order valence-electron chi connectivity index (χ2n) is 7.99. The number of para-hydroxylation sites is 1. The van der Waals surface area contributed by atoms with Gasteiger partial charge in [0.05, 0.1) is 11.0 Å². The van der Waals surface area contributed by atoms with E-state index in [4.69, 9.17) is 0 Å². The summed E-state index contributed by atoms with van der Waals surface area (Å²) in [5.74, 6) is 0.438. The number of nitro groups is 1. The van der Waals surface area contributed by atoms with Crippen molar-refractivity contribution in [2.24, 2.45) is 11.3 Å². The molecule has 3 unspecified atom stereocenters. The molecule has 1 aliphatic carbocycles. The Balaban J connectivity index is 1.97. The molecule has 1 fully saturated rings. The molecule has 1 aromatic rings. The predicted molar refractivity (Wildman–Crippen MR) is 96.0 cm³/mol. The number of hydrogen-bond acceptors (Lipinski definition) is 4. The van der Waals surface area contributed by atoms with Crippen molar-refractivity contribution in [3.8, 4) is 0 Å². The molecule has 0 aliphatic heterocycles. The highest BCUT2D eigenvalue weighted by Crippen LogP contribution is 2.32. The minimum Gasteiger partial charge on any atom is -0.393 e. The Morgan fingerprint density at radius 1 is 1.38 bits per heavy atom.